The average molecular weight is 472 g/mol. The van der Waals surface area contributed by atoms with E-state index in [9.17, 15) is 4.79 Å². The number of unbranched alkanes of at least 4 members (excludes halogenated alkanes) is 1. The van der Waals surface area contributed by atoms with Crippen molar-refractivity contribution in [3.05, 3.63) is 70.7 Å². The fraction of sp³-hybridized carbons (Fsp3) is 0.444. The highest BCUT2D eigenvalue weighted by Crippen LogP contribution is 2.45. The molecule has 0 radical (unpaired) electrons. The predicted molar refractivity (Wildman–Crippen MR) is 136 cm³/mol. The molecule has 3 heterocycles. The lowest BCUT2D eigenvalue weighted by Crippen LogP contribution is -2.41. The summed E-state index contributed by atoms with van der Waals surface area (Å²) < 4.78 is 4.01. The van der Waals surface area contributed by atoms with Crippen LogP contribution < -0.4 is 5.69 Å². The van der Waals surface area contributed by atoms with Crippen molar-refractivity contribution in [2.24, 2.45) is 11.8 Å². The molecule has 35 heavy (non-hydrogen) atoms. The fourth-order valence-corrected chi connectivity index (χ4v) is 5.52. The Morgan fingerprint density at radius 1 is 1.11 bits per heavy atom. The second kappa shape index (κ2) is 9.98. The van der Waals surface area contributed by atoms with Crippen LogP contribution in [0.1, 0.15) is 63.8 Å². The first-order valence-electron chi connectivity index (χ1n) is 12.7. The number of hydrogen-bond acceptors (Lipinski definition) is 5. The van der Waals surface area contributed by atoms with Crippen LogP contribution in [-0.2, 0) is 13.0 Å². The van der Waals surface area contributed by atoms with Crippen molar-refractivity contribution in [3.8, 4) is 22.5 Å². The second-order valence-corrected chi connectivity index (χ2v) is 9.73. The minimum atomic E-state index is 0.106. The number of nitrogens with zero attached hydrogens (tertiary/aromatic N) is 6. The summed E-state index contributed by atoms with van der Waals surface area (Å²) in [4.78, 5) is 18.1. The Balaban J connectivity index is 1.49. The van der Waals surface area contributed by atoms with Gasteiger partial charge in [0, 0.05) is 35.9 Å². The zero-order valence-corrected chi connectivity index (χ0v) is 20.7. The third kappa shape index (κ3) is 4.45. The number of hydrogen-bond donors (Lipinski definition) is 1. The van der Waals surface area contributed by atoms with Crippen molar-refractivity contribution >= 4 is 0 Å². The van der Waals surface area contributed by atoms with E-state index in [0.717, 1.165) is 53.6 Å². The Hall–Kier alpha value is -3.55. The monoisotopic (exact) mass is 471 g/mol. The van der Waals surface area contributed by atoms with Crippen LogP contribution in [0.4, 0.5) is 0 Å². The number of rotatable bonds is 9. The van der Waals surface area contributed by atoms with Gasteiger partial charge in [0.05, 0.1) is 6.54 Å². The summed E-state index contributed by atoms with van der Waals surface area (Å²) in [5, 5.41) is 14.1. The van der Waals surface area contributed by atoms with Crippen molar-refractivity contribution in [2.75, 3.05) is 0 Å². The minimum absolute atomic E-state index is 0.106. The van der Waals surface area contributed by atoms with E-state index in [-0.39, 0.29) is 5.69 Å². The van der Waals surface area contributed by atoms with Crippen molar-refractivity contribution < 1.29 is 0 Å². The largest absolute Gasteiger partial charge is 0.328 e. The van der Waals surface area contributed by atoms with Crippen molar-refractivity contribution in [1.29, 1.82) is 0 Å². The molecule has 3 atom stereocenters. The maximum Gasteiger partial charge on any atom is 0.328 e. The normalized spacial score (nSPS) is 19.6. The Morgan fingerprint density at radius 3 is 2.60 bits per heavy atom. The fourth-order valence-electron chi connectivity index (χ4n) is 5.52. The van der Waals surface area contributed by atoms with Crippen molar-refractivity contribution in [2.45, 2.75) is 65.5 Å². The highest BCUT2D eigenvalue weighted by molar-refractivity contribution is 5.69. The van der Waals surface area contributed by atoms with Gasteiger partial charge in [-0.25, -0.2) is 9.89 Å². The summed E-state index contributed by atoms with van der Waals surface area (Å²) in [6.45, 7) is 7.21. The van der Waals surface area contributed by atoms with E-state index in [1.54, 1.807) is 6.20 Å². The summed E-state index contributed by atoms with van der Waals surface area (Å²) in [5.74, 6) is 1.76. The molecule has 0 amide bonds. The maximum absolute atomic E-state index is 13.7. The third-order valence-electron chi connectivity index (χ3n) is 7.51. The number of tetrazole rings is 1. The van der Waals surface area contributed by atoms with E-state index in [0.29, 0.717) is 30.2 Å². The van der Waals surface area contributed by atoms with Gasteiger partial charge in [0.2, 0.25) is 0 Å². The van der Waals surface area contributed by atoms with Crippen molar-refractivity contribution in [3.63, 3.8) is 0 Å². The molecule has 1 aliphatic rings. The van der Waals surface area contributed by atoms with Gasteiger partial charge in [-0.1, -0.05) is 57.9 Å². The molecule has 0 aliphatic heterocycles. The van der Waals surface area contributed by atoms with E-state index >= 15 is 0 Å². The molecule has 1 fully saturated rings. The zero-order chi connectivity index (χ0) is 24.4. The highest BCUT2D eigenvalue weighted by atomic mass is 16.1. The molecule has 8 nitrogen and oxygen atoms in total. The molecule has 1 aromatic carbocycles. The third-order valence-corrected chi connectivity index (χ3v) is 7.51. The van der Waals surface area contributed by atoms with Gasteiger partial charge in [0.25, 0.3) is 0 Å². The summed E-state index contributed by atoms with van der Waals surface area (Å²) in [5.41, 5.74) is 5.33. The van der Waals surface area contributed by atoms with Gasteiger partial charge in [0.1, 0.15) is 0 Å². The maximum atomic E-state index is 13.7. The van der Waals surface area contributed by atoms with E-state index in [1.165, 1.54) is 6.42 Å². The molecule has 1 aliphatic carbocycles. The van der Waals surface area contributed by atoms with E-state index < -0.39 is 0 Å². The first-order valence-corrected chi connectivity index (χ1v) is 12.7. The summed E-state index contributed by atoms with van der Waals surface area (Å²) in [6.07, 6.45) is 11.2. The number of benzene rings is 1. The molecule has 3 aromatic heterocycles. The number of aromatic nitrogens is 7. The molecule has 0 saturated heterocycles. The molecule has 5 rings (SSSR count). The van der Waals surface area contributed by atoms with Crippen LogP contribution in [0.3, 0.4) is 0 Å². The van der Waals surface area contributed by atoms with Crippen LogP contribution in [0.15, 0.2) is 53.7 Å². The average Bonchev–Trinajstić information content (AvgIpc) is 3.51. The van der Waals surface area contributed by atoms with E-state index in [2.05, 4.69) is 64.7 Å². The summed E-state index contributed by atoms with van der Waals surface area (Å²) in [6, 6.07) is 10.4. The minimum Gasteiger partial charge on any atom is -0.295 e. The van der Waals surface area contributed by atoms with Crippen LogP contribution in [0, 0.1) is 11.8 Å². The van der Waals surface area contributed by atoms with Gasteiger partial charge in [-0.2, -0.15) is 0 Å². The van der Waals surface area contributed by atoms with Crippen molar-refractivity contribution in [1.82, 2.24) is 34.7 Å². The van der Waals surface area contributed by atoms with Gasteiger partial charge in [-0.15, -0.1) is 5.10 Å². The second-order valence-electron chi connectivity index (χ2n) is 9.73. The Morgan fingerprint density at radius 2 is 1.91 bits per heavy atom. The van der Waals surface area contributed by atoms with Gasteiger partial charge in [-0.3, -0.25) is 14.1 Å². The Kier molecular flexibility index (Phi) is 6.61. The molecular weight excluding hydrogens is 438 g/mol. The van der Waals surface area contributed by atoms with E-state index in [4.69, 9.17) is 0 Å². The lowest BCUT2D eigenvalue weighted by atomic mass is 9.69. The SMILES string of the molecule is CCCCc1cn(C2C(C)CC2CC)c(=O)n1Cc1cnccc1-c1ccc(-c2nnn[nH]2)cc1. The molecule has 182 valence electrons. The number of pyridine rings is 1. The lowest BCUT2D eigenvalue weighted by Gasteiger charge is -2.43. The van der Waals surface area contributed by atoms with Crippen LogP contribution in [-0.4, -0.2) is 34.7 Å². The molecule has 4 aromatic rings. The number of aryl methyl sites for hydroxylation is 1. The molecule has 1 N–H and O–H groups in total. The zero-order valence-electron chi connectivity index (χ0n) is 20.7. The predicted octanol–water partition coefficient (Wildman–Crippen LogP) is 4.89. The summed E-state index contributed by atoms with van der Waals surface area (Å²) in [7, 11) is 0. The Bertz CT molecular complexity index is 1320. The standard InChI is InChI=1S/C27H33N7O/c1-4-6-7-23-17-34(25-18(3)14-19(25)5-2)27(35)33(23)16-22-15-28-13-12-24(22)20-8-10-21(11-9-20)26-29-31-32-30-26/h8-13,15,17-19,25H,4-7,14,16H2,1-3H3,(H,29,30,31,32). The van der Waals surface area contributed by atoms with Crippen LogP contribution in [0.2, 0.25) is 0 Å². The number of aromatic amines is 1. The van der Waals surface area contributed by atoms with Crippen LogP contribution >= 0.6 is 0 Å². The van der Waals surface area contributed by atoms with Gasteiger partial charge in [0.15, 0.2) is 5.82 Å². The highest BCUT2D eigenvalue weighted by Gasteiger charge is 2.39. The quantitative estimate of drug-likeness (QED) is 0.375. The lowest BCUT2D eigenvalue weighted by molar-refractivity contribution is 0.0882. The first kappa shape index (κ1) is 23.2. The molecular formula is C27H33N7O. The number of H-pyrrole nitrogens is 1. The van der Waals surface area contributed by atoms with E-state index in [1.807, 2.05) is 33.5 Å². The summed E-state index contributed by atoms with van der Waals surface area (Å²) >= 11 is 0. The van der Waals surface area contributed by atoms with Gasteiger partial charge >= 0.3 is 5.69 Å². The molecule has 0 spiro atoms. The van der Waals surface area contributed by atoms with Gasteiger partial charge < -0.3 is 0 Å². The van der Waals surface area contributed by atoms with Crippen LogP contribution in [0.5, 0.6) is 0 Å². The van der Waals surface area contributed by atoms with Gasteiger partial charge in [-0.05, 0) is 64.3 Å². The first-order chi connectivity index (χ1) is 17.1. The number of imidazole rings is 1. The topological polar surface area (TPSA) is 94.3 Å². The van der Waals surface area contributed by atoms with Crippen LogP contribution in [0.25, 0.3) is 22.5 Å². The number of nitrogens with one attached hydrogen (secondary N) is 1. The molecule has 3 unspecified atom stereocenters. The molecule has 0 bridgehead atoms. The smallest absolute Gasteiger partial charge is 0.295 e. The molecule has 8 heteroatoms. The Labute approximate surface area is 205 Å². The molecule has 1 saturated carbocycles.